The molecular weight excluding hydrogens is 518 g/mol. The normalized spacial score (nSPS) is 14.9. The molecule has 0 saturated heterocycles. The van der Waals surface area contributed by atoms with Crippen LogP contribution >= 0.6 is 0 Å². The van der Waals surface area contributed by atoms with Gasteiger partial charge < -0.3 is 4.90 Å². The number of fused-ring (bicyclic) bond motifs is 6. The number of hydrogen-bond donors (Lipinski definition) is 0. The van der Waals surface area contributed by atoms with Gasteiger partial charge in [-0.15, -0.1) is 0 Å². The van der Waals surface area contributed by atoms with Crippen molar-refractivity contribution >= 4 is 17.1 Å². The van der Waals surface area contributed by atoms with Crippen LogP contribution in [0.15, 0.2) is 140 Å². The number of anilines is 3. The molecule has 0 radical (unpaired) electrons. The highest BCUT2D eigenvalue weighted by atomic mass is 15.1. The van der Waals surface area contributed by atoms with Crippen molar-refractivity contribution in [3.05, 3.63) is 162 Å². The number of hydrogen-bond acceptors (Lipinski definition) is 1. The average Bonchev–Trinajstić information content (AvgIpc) is 3.42. The van der Waals surface area contributed by atoms with Crippen LogP contribution in [0.4, 0.5) is 17.1 Å². The highest BCUT2D eigenvalue weighted by Gasteiger charge is 2.40. The Morgan fingerprint density at radius 2 is 0.930 bits per heavy atom. The quantitative estimate of drug-likeness (QED) is 0.210. The minimum Gasteiger partial charge on any atom is -0.310 e. The van der Waals surface area contributed by atoms with E-state index in [9.17, 15) is 0 Å². The molecule has 0 fully saturated rings. The highest BCUT2D eigenvalue weighted by Crippen LogP contribution is 2.56. The Balaban J connectivity index is 1.42. The van der Waals surface area contributed by atoms with Crippen molar-refractivity contribution in [1.82, 2.24) is 0 Å². The van der Waals surface area contributed by atoms with Gasteiger partial charge in [0.25, 0.3) is 0 Å². The molecule has 208 valence electrons. The maximum absolute atomic E-state index is 2.52. The molecule has 6 aromatic rings. The lowest BCUT2D eigenvalue weighted by Crippen LogP contribution is -2.21. The first kappa shape index (κ1) is 25.8. The van der Waals surface area contributed by atoms with Crippen LogP contribution in [-0.4, -0.2) is 0 Å². The predicted molar refractivity (Wildman–Crippen MR) is 182 cm³/mol. The minimum atomic E-state index is -0.144. The second-order valence-corrected chi connectivity index (χ2v) is 13.0. The third kappa shape index (κ3) is 3.71. The second kappa shape index (κ2) is 9.31. The first-order chi connectivity index (χ1) is 20.9. The van der Waals surface area contributed by atoms with Crippen molar-refractivity contribution in [2.45, 2.75) is 38.5 Å². The highest BCUT2D eigenvalue weighted by molar-refractivity contribution is 5.95. The average molecular weight is 554 g/mol. The fourth-order valence-electron chi connectivity index (χ4n) is 7.78. The molecule has 0 amide bonds. The summed E-state index contributed by atoms with van der Waals surface area (Å²) in [4.78, 5) is 2.52. The monoisotopic (exact) mass is 553 g/mol. The van der Waals surface area contributed by atoms with Gasteiger partial charge >= 0.3 is 0 Å². The first-order valence-electron chi connectivity index (χ1n) is 15.3. The van der Waals surface area contributed by atoms with Crippen molar-refractivity contribution in [3.8, 4) is 33.4 Å². The topological polar surface area (TPSA) is 3.24 Å². The van der Waals surface area contributed by atoms with Crippen molar-refractivity contribution in [2.75, 3.05) is 4.90 Å². The van der Waals surface area contributed by atoms with E-state index in [0.29, 0.717) is 0 Å². The summed E-state index contributed by atoms with van der Waals surface area (Å²) >= 11 is 0. The van der Waals surface area contributed by atoms with Crippen molar-refractivity contribution in [1.29, 1.82) is 0 Å². The van der Waals surface area contributed by atoms with Crippen molar-refractivity contribution < 1.29 is 0 Å². The summed E-state index contributed by atoms with van der Waals surface area (Å²) in [5.41, 5.74) is 16.7. The van der Waals surface area contributed by atoms with E-state index >= 15 is 0 Å². The van der Waals surface area contributed by atoms with Gasteiger partial charge in [0.2, 0.25) is 0 Å². The van der Waals surface area contributed by atoms with Gasteiger partial charge in [-0.2, -0.15) is 0 Å². The molecule has 43 heavy (non-hydrogen) atoms. The zero-order valence-corrected chi connectivity index (χ0v) is 25.2. The van der Waals surface area contributed by atoms with Crippen LogP contribution in [0.1, 0.15) is 49.9 Å². The van der Waals surface area contributed by atoms with Crippen molar-refractivity contribution in [3.63, 3.8) is 0 Å². The maximum atomic E-state index is 2.52. The van der Waals surface area contributed by atoms with Gasteiger partial charge in [0.1, 0.15) is 0 Å². The fraction of sp³-hybridized carbons (Fsp3) is 0.143. The summed E-state index contributed by atoms with van der Waals surface area (Å²) in [7, 11) is 0. The van der Waals surface area contributed by atoms with Crippen LogP contribution in [-0.2, 0) is 10.8 Å². The van der Waals surface area contributed by atoms with Gasteiger partial charge in [-0.3, -0.25) is 0 Å². The van der Waals surface area contributed by atoms with E-state index < -0.39 is 0 Å². The van der Waals surface area contributed by atoms with Gasteiger partial charge in [-0.05, 0) is 74.3 Å². The number of nitrogens with zero attached hydrogens (tertiary/aromatic N) is 1. The number of benzene rings is 6. The Morgan fingerprint density at radius 3 is 1.67 bits per heavy atom. The van der Waals surface area contributed by atoms with E-state index in [0.717, 1.165) is 0 Å². The molecule has 0 spiro atoms. The number of rotatable bonds is 4. The predicted octanol–water partition coefficient (Wildman–Crippen LogP) is 11.4. The Hall–Kier alpha value is -4.88. The zero-order chi connectivity index (χ0) is 29.3. The summed E-state index contributed by atoms with van der Waals surface area (Å²) < 4.78 is 0. The van der Waals surface area contributed by atoms with E-state index in [1.807, 2.05) is 0 Å². The summed E-state index contributed by atoms with van der Waals surface area (Å²) in [5, 5.41) is 0. The maximum Gasteiger partial charge on any atom is 0.0540 e. The van der Waals surface area contributed by atoms with Gasteiger partial charge in [0, 0.05) is 22.1 Å². The molecule has 0 bridgehead atoms. The smallest absolute Gasteiger partial charge is 0.0540 e. The van der Waals surface area contributed by atoms with Crippen LogP contribution in [0, 0.1) is 0 Å². The third-order valence-electron chi connectivity index (χ3n) is 9.85. The van der Waals surface area contributed by atoms with Crippen molar-refractivity contribution in [2.24, 2.45) is 0 Å². The Bertz CT molecular complexity index is 2030. The molecule has 8 rings (SSSR count). The van der Waals surface area contributed by atoms with E-state index in [-0.39, 0.29) is 10.8 Å². The molecule has 6 aromatic carbocycles. The molecular formula is C42H35N. The molecule has 0 aromatic heterocycles. The minimum absolute atomic E-state index is 0.0826. The Labute approximate surface area is 255 Å². The standard InChI is InChI=1S/C42H35N/c1-41(2)35-21-11-8-18-31(35)33-26-25-29(27-37(33)41)43(38-23-13-10-17-30(38)28-15-6-5-7-16-28)39-24-14-20-34-32-19-9-12-22-36(32)42(3,4)40(34)39/h5-27H,1-4H3. The van der Waals surface area contributed by atoms with E-state index in [1.54, 1.807) is 0 Å². The van der Waals surface area contributed by atoms with Crippen LogP contribution in [0.2, 0.25) is 0 Å². The lowest BCUT2D eigenvalue weighted by molar-refractivity contribution is 0.658. The Kier molecular flexibility index (Phi) is 5.59. The van der Waals surface area contributed by atoms with Gasteiger partial charge in [0.15, 0.2) is 0 Å². The molecule has 0 N–H and O–H groups in total. The lowest BCUT2D eigenvalue weighted by atomic mass is 9.80. The molecule has 0 unspecified atom stereocenters. The van der Waals surface area contributed by atoms with Gasteiger partial charge in [-0.25, -0.2) is 0 Å². The summed E-state index contributed by atoms with van der Waals surface area (Å²) in [6.07, 6.45) is 0. The third-order valence-corrected chi connectivity index (χ3v) is 9.85. The molecule has 2 aliphatic rings. The molecule has 0 saturated carbocycles. The summed E-state index contributed by atoms with van der Waals surface area (Å²) in [6, 6.07) is 51.5. The largest absolute Gasteiger partial charge is 0.310 e. The SMILES string of the molecule is CC1(C)c2ccccc2-c2ccc(N(c3ccccc3-c3ccccc3)c3cccc4c3C(C)(C)c3ccccc3-4)cc21. The van der Waals surface area contributed by atoms with Crippen LogP contribution in [0.5, 0.6) is 0 Å². The van der Waals surface area contributed by atoms with Gasteiger partial charge in [-0.1, -0.05) is 143 Å². The van der Waals surface area contributed by atoms with Gasteiger partial charge in [0.05, 0.1) is 11.4 Å². The molecule has 1 nitrogen and oxygen atoms in total. The summed E-state index contributed by atoms with van der Waals surface area (Å²) in [5.74, 6) is 0. The number of para-hydroxylation sites is 1. The molecule has 1 heteroatoms. The van der Waals surface area contributed by atoms with Crippen LogP contribution < -0.4 is 4.90 Å². The zero-order valence-electron chi connectivity index (χ0n) is 25.2. The second-order valence-electron chi connectivity index (χ2n) is 13.0. The van der Waals surface area contributed by atoms with Crippen LogP contribution in [0.3, 0.4) is 0 Å². The Morgan fingerprint density at radius 1 is 0.395 bits per heavy atom. The molecule has 0 heterocycles. The van der Waals surface area contributed by atoms with E-state index in [1.165, 1.54) is 72.7 Å². The molecule has 0 atom stereocenters. The van der Waals surface area contributed by atoms with E-state index in [2.05, 4.69) is 172 Å². The van der Waals surface area contributed by atoms with E-state index in [4.69, 9.17) is 0 Å². The fourth-order valence-corrected chi connectivity index (χ4v) is 7.78. The van der Waals surface area contributed by atoms with Crippen LogP contribution in [0.25, 0.3) is 33.4 Å². The lowest BCUT2D eigenvalue weighted by Gasteiger charge is -2.34. The summed E-state index contributed by atoms with van der Waals surface area (Å²) in [6.45, 7) is 9.49. The first-order valence-corrected chi connectivity index (χ1v) is 15.3. The molecule has 2 aliphatic carbocycles. The molecule has 0 aliphatic heterocycles.